The van der Waals surface area contributed by atoms with Gasteiger partial charge in [0, 0.05) is 12.2 Å². The van der Waals surface area contributed by atoms with E-state index in [0.717, 1.165) is 0 Å². The summed E-state index contributed by atoms with van der Waals surface area (Å²) in [6.07, 6.45) is -1.57. The van der Waals surface area contributed by atoms with Gasteiger partial charge in [-0.05, 0) is 37.3 Å². The second-order valence-electron chi connectivity index (χ2n) is 7.07. The first-order valence-corrected chi connectivity index (χ1v) is 11.1. The number of carbonyl (C=O) groups excluding carboxylic acids is 3. The largest absolute Gasteiger partial charge is 0.442 e. The van der Waals surface area contributed by atoms with Gasteiger partial charge in [-0.1, -0.05) is 23.2 Å². The highest BCUT2D eigenvalue weighted by Crippen LogP contribution is 2.33. The van der Waals surface area contributed by atoms with Crippen molar-refractivity contribution in [2.45, 2.75) is 19.1 Å². The van der Waals surface area contributed by atoms with E-state index in [1.165, 1.54) is 16.2 Å². The van der Waals surface area contributed by atoms with Crippen molar-refractivity contribution in [2.75, 3.05) is 36.0 Å². The van der Waals surface area contributed by atoms with E-state index >= 15 is 0 Å². The molecule has 31 heavy (non-hydrogen) atoms. The Morgan fingerprint density at radius 1 is 1.23 bits per heavy atom. The summed E-state index contributed by atoms with van der Waals surface area (Å²) < 4.78 is 11.2. The van der Waals surface area contributed by atoms with E-state index in [0.29, 0.717) is 38.8 Å². The van der Waals surface area contributed by atoms with E-state index in [1.54, 1.807) is 42.2 Å². The molecule has 2 unspecified atom stereocenters. The molecule has 2 fully saturated rings. The third-order valence-electron chi connectivity index (χ3n) is 4.99. The normalized spacial score (nSPS) is 21.4. The summed E-state index contributed by atoms with van der Waals surface area (Å²) in [7, 11) is 0. The molecule has 3 amide bonds. The van der Waals surface area contributed by atoms with Crippen LogP contribution in [0.25, 0.3) is 0 Å². The summed E-state index contributed by atoms with van der Waals surface area (Å²) in [6.45, 7) is 2.96. The van der Waals surface area contributed by atoms with Gasteiger partial charge in [-0.2, -0.15) is 0 Å². The summed E-state index contributed by atoms with van der Waals surface area (Å²) in [6, 6.07) is 8.33. The lowest BCUT2D eigenvalue weighted by Gasteiger charge is -2.31. The van der Waals surface area contributed by atoms with Crippen LogP contribution in [-0.4, -0.2) is 56.4 Å². The van der Waals surface area contributed by atoms with Crippen molar-refractivity contribution in [3.05, 3.63) is 44.6 Å². The molecule has 11 heteroatoms. The Balaban J connectivity index is 1.40. The van der Waals surface area contributed by atoms with E-state index in [4.69, 9.17) is 32.7 Å². The fourth-order valence-corrected chi connectivity index (χ4v) is 4.65. The molecule has 2 aromatic rings. The first-order valence-electron chi connectivity index (χ1n) is 9.57. The SMILES string of the molecule is CC1OCCN(c2ccc(N3CC(CNC(=O)c4ccc(Cl)s4)OC3=O)cc2Cl)C1=O. The van der Waals surface area contributed by atoms with E-state index in [-0.39, 0.29) is 24.9 Å². The Kier molecular flexibility index (Phi) is 6.38. The van der Waals surface area contributed by atoms with E-state index in [1.807, 2.05) is 0 Å². The first-order chi connectivity index (χ1) is 14.8. The number of anilines is 2. The van der Waals surface area contributed by atoms with Crippen LogP contribution in [0.15, 0.2) is 30.3 Å². The average Bonchev–Trinajstić information content (AvgIpc) is 3.34. The lowest BCUT2D eigenvalue weighted by atomic mass is 10.2. The van der Waals surface area contributed by atoms with E-state index < -0.39 is 18.3 Å². The van der Waals surface area contributed by atoms with Gasteiger partial charge in [0.25, 0.3) is 11.8 Å². The molecule has 1 aromatic heterocycles. The third-order valence-corrected chi connectivity index (χ3v) is 6.52. The number of morpholine rings is 1. The number of amides is 3. The molecule has 2 saturated heterocycles. The van der Waals surface area contributed by atoms with Gasteiger partial charge in [-0.15, -0.1) is 11.3 Å². The third kappa shape index (κ3) is 4.64. The Morgan fingerprint density at radius 3 is 2.74 bits per heavy atom. The van der Waals surface area contributed by atoms with Crippen LogP contribution in [0.1, 0.15) is 16.6 Å². The Morgan fingerprint density at radius 2 is 2.03 bits per heavy atom. The van der Waals surface area contributed by atoms with Crippen LogP contribution >= 0.6 is 34.5 Å². The Bertz CT molecular complexity index is 1030. The minimum Gasteiger partial charge on any atom is -0.442 e. The molecule has 3 heterocycles. The van der Waals surface area contributed by atoms with Crippen molar-refractivity contribution >= 4 is 63.8 Å². The molecule has 2 atom stereocenters. The zero-order valence-corrected chi connectivity index (χ0v) is 18.8. The average molecular weight is 484 g/mol. The minimum absolute atomic E-state index is 0.163. The number of thiophene rings is 1. The van der Waals surface area contributed by atoms with Crippen LogP contribution in [0.3, 0.4) is 0 Å². The number of halogens is 2. The second kappa shape index (κ2) is 9.04. The van der Waals surface area contributed by atoms with Crippen LogP contribution in [0.5, 0.6) is 0 Å². The van der Waals surface area contributed by atoms with Crippen molar-refractivity contribution in [3.63, 3.8) is 0 Å². The maximum absolute atomic E-state index is 12.4. The molecular weight excluding hydrogens is 465 g/mol. The van der Waals surface area contributed by atoms with Crippen LogP contribution in [0.4, 0.5) is 16.2 Å². The quantitative estimate of drug-likeness (QED) is 0.702. The van der Waals surface area contributed by atoms with E-state index in [2.05, 4.69) is 5.32 Å². The van der Waals surface area contributed by atoms with Crippen molar-refractivity contribution in [1.29, 1.82) is 0 Å². The van der Waals surface area contributed by atoms with Crippen LogP contribution in [-0.2, 0) is 14.3 Å². The number of hydrogen-bond donors (Lipinski definition) is 1. The number of ether oxygens (including phenoxy) is 2. The zero-order valence-electron chi connectivity index (χ0n) is 16.5. The molecule has 0 saturated carbocycles. The summed E-state index contributed by atoms with van der Waals surface area (Å²) in [5.41, 5.74) is 1.11. The molecule has 0 spiro atoms. The zero-order chi connectivity index (χ0) is 22.1. The molecule has 1 N–H and O–H groups in total. The van der Waals surface area contributed by atoms with Gasteiger partial charge in [0.15, 0.2) is 0 Å². The van der Waals surface area contributed by atoms with Crippen molar-refractivity contribution in [3.8, 4) is 0 Å². The molecule has 8 nitrogen and oxygen atoms in total. The topological polar surface area (TPSA) is 88.2 Å². The monoisotopic (exact) mass is 483 g/mol. The number of carbonyl (C=O) groups is 3. The van der Waals surface area contributed by atoms with Gasteiger partial charge >= 0.3 is 6.09 Å². The molecular formula is C20H19Cl2N3O5S. The molecule has 0 radical (unpaired) electrons. The summed E-state index contributed by atoms with van der Waals surface area (Å²) in [5.74, 6) is -0.437. The van der Waals surface area contributed by atoms with Gasteiger partial charge in [-0.25, -0.2) is 4.79 Å². The number of hydrogen-bond acceptors (Lipinski definition) is 6. The van der Waals surface area contributed by atoms with Crippen molar-refractivity contribution in [2.24, 2.45) is 0 Å². The summed E-state index contributed by atoms with van der Waals surface area (Å²) in [5, 5.41) is 3.09. The Hall–Kier alpha value is -2.33. The first kappa shape index (κ1) is 21.9. The summed E-state index contributed by atoms with van der Waals surface area (Å²) in [4.78, 5) is 40.4. The molecule has 4 rings (SSSR count). The van der Waals surface area contributed by atoms with Crippen molar-refractivity contribution < 1.29 is 23.9 Å². The predicted octanol–water partition coefficient (Wildman–Crippen LogP) is 3.56. The standard InChI is InChI=1S/C20H19Cl2N3O5S/c1-11-19(27)24(6-7-29-11)15-3-2-12(8-14(15)21)25-10-13(30-20(25)28)9-23-18(26)16-4-5-17(22)31-16/h2-5,8,11,13H,6-7,9-10H2,1H3,(H,23,26). The Labute approximate surface area is 192 Å². The second-order valence-corrected chi connectivity index (χ2v) is 9.19. The molecule has 0 bridgehead atoms. The van der Waals surface area contributed by atoms with Crippen LogP contribution < -0.4 is 15.1 Å². The number of rotatable bonds is 5. The van der Waals surface area contributed by atoms with Gasteiger partial charge < -0.3 is 19.7 Å². The number of nitrogens with zero attached hydrogens (tertiary/aromatic N) is 2. The molecule has 164 valence electrons. The highest BCUT2D eigenvalue weighted by molar-refractivity contribution is 7.18. The molecule has 0 aliphatic carbocycles. The molecule has 2 aliphatic heterocycles. The molecule has 2 aliphatic rings. The maximum Gasteiger partial charge on any atom is 0.414 e. The number of benzene rings is 1. The van der Waals surface area contributed by atoms with Gasteiger partial charge in [-0.3, -0.25) is 14.5 Å². The number of cyclic esters (lactones) is 1. The minimum atomic E-state index is -0.529. The van der Waals surface area contributed by atoms with E-state index in [9.17, 15) is 14.4 Å². The smallest absolute Gasteiger partial charge is 0.414 e. The fraction of sp³-hybridized carbons (Fsp3) is 0.350. The number of nitrogens with one attached hydrogen (secondary N) is 1. The fourth-order valence-electron chi connectivity index (χ4n) is 3.41. The lowest BCUT2D eigenvalue weighted by molar-refractivity contribution is -0.132. The van der Waals surface area contributed by atoms with Crippen molar-refractivity contribution in [1.82, 2.24) is 5.32 Å². The van der Waals surface area contributed by atoms with Gasteiger partial charge in [0.05, 0.1) is 39.6 Å². The highest BCUT2D eigenvalue weighted by atomic mass is 35.5. The molecule has 1 aromatic carbocycles. The highest BCUT2D eigenvalue weighted by Gasteiger charge is 2.34. The summed E-state index contributed by atoms with van der Waals surface area (Å²) >= 11 is 13.5. The van der Waals surface area contributed by atoms with Gasteiger partial charge in [0.1, 0.15) is 12.2 Å². The predicted molar refractivity (Wildman–Crippen MR) is 118 cm³/mol. The van der Waals surface area contributed by atoms with Crippen LogP contribution in [0.2, 0.25) is 9.36 Å². The maximum atomic E-state index is 12.4. The van der Waals surface area contributed by atoms with Gasteiger partial charge in [0.2, 0.25) is 0 Å². The lowest BCUT2D eigenvalue weighted by Crippen LogP contribution is -2.46. The van der Waals surface area contributed by atoms with Crippen LogP contribution in [0, 0.1) is 0 Å².